The second-order valence-electron chi connectivity index (χ2n) is 3.64. The third-order valence-corrected chi connectivity index (χ3v) is 2.10. The van der Waals surface area contributed by atoms with Crippen LogP contribution >= 0.6 is 0 Å². The van der Waals surface area contributed by atoms with E-state index in [0.717, 1.165) is 12.1 Å². The van der Waals surface area contributed by atoms with Gasteiger partial charge < -0.3 is 15.8 Å². The second kappa shape index (κ2) is 5.81. The summed E-state index contributed by atoms with van der Waals surface area (Å²) >= 11 is 0. The molecule has 0 atom stereocenters. The molecule has 3 N–H and O–H groups in total. The van der Waals surface area contributed by atoms with Crippen molar-refractivity contribution in [2.45, 2.75) is 13.3 Å². The molecule has 0 aliphatic heterocycles. The molecule has 1 heterocycles. The molecule has 0 spiro atoms. The number of nitrogens with zero attached hydrogens (tertiary/aromatic N) is 3. The van der Waals surface area contributed by atoms with Crippen molar-refractivity contribution in [1.29, 1.82) is 0 Å². The van der Waals surface area contributed by atoms with Gasteiger partial charge in [-0.15, -0.1) is 0 Å². The maximum absolute atomic E-state index is 5.60. The van der Waals surface area contributed by atoms with Crippen molar-refractivity contribution in [1.82, 2.24) is 15.0 Å². The number of para-hydroxylation sites is 1. The van der Waals surface area contributed by atoms with E-state index in [1.165, 1.54) is 0 Å². The van der Waals surface area contributed by atoms with Crippen molar-refractivity contribution in [2.75, 3.05) is 17.7 Å². The molecule has 6 heteroatoms. The first-order valence-corrected chi connectivity index (χ1v) is 5.74. The van der Waals surface area contributed by atoms with Crippen molar-refractivity contribution in [3.05, 3.63) is 30.3 Å². The molecular weight excluding hydrogens is 230 g/mol. The zero-order valence-corrected chi connectivity index (χ0v) is 10.1. The van der Waals surface area contributed by atoms with E-state index in [9.17, 15) is 0 Å². The summed E-state index contributed by atoms with van der Waals surface area (Å²) in [5.41, 5.74) is 6.48. The summed E-state index contributed by atoms with van der Waals surface area (Å²) in [7, 11) is 0. The van der Waals surface area contributed by atoms with E-state index in [4.69, 9.17) is 10.5 Å². The zero-order valence-electron chi connectivity index (χ0n) is 10.1. The minimum absolute atomic E-state index is 0.134. The van der Waals surface area contributed by atoms with Gasteiger partial charge in [-0.1, -0.05) is 25.1 Å². The van der Waals surface area contributed by atoms with Crippen LogP contribution in [0, 0.1) is 0 Å². The third kappa shape index (κ3) is 3.31. The van der Waals surface area contributed by atoms with Gasteiger partial charge >= 0.3 is 6.01 Å². The highest BCUT2D eigenvalue weighted by molar-refractivity contribution is 5.53. The van der Waals surface area contributed by atoms with Crippen LogP contribution in [-0.4, -0.2) is 21.6 Å². The number of nitrogens with one attached hydrogen (secondary N) is 1. The Balaban J connectivity index is 2.15. The predicted molar refractivity (Wildman–Crippen MR) is 69.8 cm³/mol. The third-order valence-electron chi connectivity index (χ3n) is 2.10. The van der Waals surface area contributed by atoms with Gasteiger partial charge in [0, 0.05) is 5.69 Å². The average Bonchev–Trinajstić information content (AvgIpc) is 2.37. The highest BCUT2D eigenvalue weighted by Crippen LogP contribution is 2.15. The molecule has 0 bridgehead atoms. The number of hydrogen-bond donors (Lipinski definition) is 2. The van der Waals surface area contributed by atoms with E-state index >= 15 is 0 Å². The monoisotopic (exact) mass is 245 g/mol. The van der Waals surface area contributed by atoms with E-state index in [1.807, 2.05) is 37.3 Å². The Hall–Kier alpha value is -2.37. The summed E-state index contributed by atoms with van der Waals surface area (Å²) in [6.45, 7) is 2.56. The maximum Gasteiger partial charge on any atom is 0.323 e. The quantitative estimate of drug-likeness (QED) is 0.837. The summed E-state index contributed by atoms with van der Waals surface area (Å²) in [6.07, 6.45) is 0.882. The van der Waals surface area contributed by atoms with Crippen LogP contribution < -0.4 is 15.8 Å². The Labute approximate surface area is 105 Å². The summed E-state index contributed by atoms with van der Waals surface area (Å²) in [6, 6.07) is 9.83. The Morgan fingerprint density at radius 1 is 1.17 bits per heavy atom. The van der Waals surface area contributed by atoms with Gasteiger partial charge in [0.2, 0.25) is 11.9 Å². The summed E-state index contributed by atoms with van der Waals surface area (Å²) in [4.78, 5) is 12.0. The lowest BCUT2D eigenvalue weighted by molar-refractivity contribution is 0.292. The number of rotatable bonds is 5. The van der Waals surface area contributed by atoms with E-state index in [1.54, 1.807) is 0 Å². The van der Waals surface area contributed by atoms with Crippen LogP contribution in [0.5, 0.6) is 6.01 Å². The molecule has 6 nitrogen and oxygen atoms in total. The molecule has 18 heavy (non-hydrogen) atoms. The van der Waals surface area contributed by atoms with Crippen LogP contribution in [0.1, 0.15) is 13.3 Å². The number of ether oxygens (including phenoxy) is 1. The minimum atomic E-state index is 0.134. The lowest BCUT2D eigenvalue weighted by Gasteiger charge is -2.07. The fourth-order valence-corrected chi connectivity index (χ4v) is 1.34. The molecule has 2 rings (SSSR count). The SMILES string of the molecule is CCCOc1nc(N)nc(Nc2ccccc2)n1. The van der Waals surface area contributed by atoms with Crippen molar-refractivity contribution in [3.8, 4) is 6.01 Å². The lowest BCUT2D eigenvalue weighted by Crippen LogP contribution is -2.07. The van der Waals surface area contributed by atoms with Crippen LogP contribution in [0.3, 0.4) is 0 Å². The first-order valence-electron chi connectivity index (χ1n) is 5.74. The maximum atomic E-state index is 5.60. The van der Waals surface area contributed by atoms with Crippen molar-refractivity contribution in [3.63, 3.8) is 0 Å². The number of benzene rings is 1. The Bertz CT molecular complexity index is 503. The van der Waals surface area contributed by atoms with E-state index < -0.39 is 0 Å². The van der Waals surface area contributed by atoms with Crippen LogP contribution in [-0.2, 0) is 0 Å². The molecular formula is C12H15N5O. The van der Waals surface area contributed by atoms with Gasteiger partial charge in [-0.25, -0.2) is 0 Å². The first-order chi connectivity index (χ1) is 8.78. The van der Waals surface area contributed by atoms with Crippen LogP contribution in [0.4, 0.5) is 17.6 Å². The Morgan fingerprint density at radius 2 is 1.94 bits per heavy atom. The number of nitrogens with two attached hydrogens (primary N) is 1. The molecule has 0 unspecified atom stereocenters. The molecule has 0 saturated carbocycles. The van der Waals surface area contributed by atoms with Crippen molar-refractivity contribution < 1.29 is 4.74 Å². The van der Waals surface area contributed by atoms with E-state index in [0.29, 0.717) is 12.6 Å². The van der Waals surface area contributed by atoms with Crippen molar-refractivity contribution >= 4 is 17.6 Å². The second-order valence-corrected chi connectivity index (χ2v) is 3.64. The van der Waals surface area contributed by atoms with Gasteiger partial charge in [0.15, 0.2) is 0 Å². The molecule has 0 aliphatic carbocycles. The fourth-order valence-electron chi connectivity index (χ4n) is 1.34. The summed E-state index contributed by atoms with van der Waals surface area (Å²) < 4.78 is 5.33. The summed E-state index contributed by atoms with van der Waals surface area (Å²) in [5, 5.41) is 3.04. The molecule has 1 aromatic heterocycles. The number of hydrogen-bond acceptors (Lipinski definition) is 6. The average molecular weight is 245 g/mol. The normalized spacial score (nSPS) is 10.1. The smallest absolute Gasteiger partial charge is 0.323 e. The first kappa shape index (κ1) is 12.1. The molecule has 1 aromatic carbocycles. The number of anilines is 3. The van der Waals surface area contributed by atoms with Gasteiger partial charge in [-0.3, -0.25) is 0 Å². The predicted octanol–water partition coefficient (Wildman–Crippen LogP) is 1.99. The van der Waals surface area contributed by atoms with Crippen LogP contribution in [0.25, 0.3) is 0 Å². The molecule has 2 aromatic rings. The fraction of sp³-hybridized carbons (Fsp3) is 0.250. The molecule has 0 saturated heterocycles. The zero-order chi connectivity index (χ0) is 12.8. The molecule has 94 valence electrons. The Morgan fingerprint density at radius 3 is 2.67 bits per heavy atom. The standard InChI is InChI=1S/C12H15N5O/c1-2-8-18-12-16-10(13)15-11(17-12)14-9-6-4-3-5-7-9/h3-7H,2,8H2,1H3,(H3,13,14,15,16,17). The van der Waals surface area contributed by atoms with Crippen molar-refractivity contribution in [2.24, 2.45) is 0 Å². The van der Waals surface area contributed by atoms with E-state index in [2.05, 4.69) is 20.3 Å². The highest BCUT2D eigenvalue weighted by Gasteiger charge is 2.05. The molecule has 0 radical (unpaired) electrons. The van der Waals surface area contributed by atoms with Gasteiger partial charge in [-0.05, 0) is 18.6 Å². The lowest BCUT2D eigenvalue weighted by atomic mass is 10.3. The topological polar surface area (TPSA) is 86.0 Å². The van der Waals surface area contributed by atoms with Crippen LogP contribution in [0.2, 0.25) is 0 Å². The van der Waals surface area contributed by atoms with Gasteiger partial charge in [0.1, 0.15) is 0 Å². The highest BCUT2D eigenvalue weighted by atomic mass is 16.5. The minimum Gasteiger partial charge on any atom is -0.463 e. The van der Waals surface area contributed by atoms with Gasteiger partial charge in [0.25, 0.3) is 0 Å². The number of nitrogen functional groups attached to an aromatic ring is 1. The molecule has 0 fully saturated rings. The van der Waals surface area contributed by atoms with E-state index in [-0.39, 0.29) is 12.0 Å². The number of aromatic nitrogens is 3. The Kier molecular flexibility index (Phi) is 3.90. The summed E-state index contributed by atoms with van der Waals surface area (Å²) in [5.74, 6) is 0.509. The van der Waals surface area contributed by atoms with Gasteiger partial charge in [-0.2, -0.15) is 15.0 Å². The molecule has 0 aliphatic rings. The molecule has 0 amide bonds. The van der Waals surface area contributed by atoms with Gasteiger partial charge in [0.05, 0.1) is 6.61 Å². The van der Waals surface area contributed by atoms with Crippen LogP contribution in [0.15, 0.2) is 30.3 Å². The largest absolute Gasteiger partial charge is 0.463 e.